The van der Waals surface area contributed by atoms with Crippen molar-refractivity contribution in [3.05, 3.63) is 53.2 Å². The lowest BCUT2D eigenvalue weighted by Gasteiger charge is -2.20. The number of nitrogens with zero attached hydrogens (tertiary/aromatic N) is 3. The van der Waals surface area contributed by atoms with Gasteiger partial charge in [-0.15, -0.1) is 5.10 Å². The van der Waals surface area contributed by atoms with Crippen molar-refractivity contribution < 1.29 is 9.90 Å². The number of benzene rings is 1. The third-order valence-electron chi connectivity index (χ3n) is 2.96. The Hall–Kier alpha value is -2.43. The number of hydrogen-bond donors (Lipinski definition) is 1. The second-order valence-electron chi connectivity index (χ2n) is 4.36. The summed E-state index contributed by atoms with van der Waals surface area (Å²) in [5.41, 5.74) is 2.45. The first kappa shape index (κ1) is 13.0. The van der Waals surface area contributed by atoms with Crippen molar-refractivity contribution in [3.63, 3.8) is 0 Å². The molecule has 2 rings (SSSR count). The van der Waals surface area contributed by atoms with Crippen molar-refractivity contribution in [2.24, 2.45) is 0 Å². The van der Waals surface area contributed by atoms with Crippen molar-refractivity contribution in [1.29, 1.82) is 0 Å². The van der Waals surface area contributed by atoms with E-state index in [0.717, 1.165) is 11.1 Å². The number of hydrogen-bond acceptors (Lipinski definition) is 4. The summed E-state index contributed by atoms with van der Waals surface area (Å²) in [6, 6.07) is 9.44. The number of anilines is 1. The van der Waals surface area contributed by atoms with Crippen LogP contribution in [0.5, 0.6) is 0 Å². The Morgan fingerprint density at radius 2 is 2.05 bits per heavy atom. The highest BCUT2D eigenvalue weighted by Crippen LogP contribution is 2.18. The molecule has 0 aliphatic carbocycles. The lowest BCUT2D eigenvalue weighted by atomic mass is 10.1. The van der Waals surface area contributed by atoms with Crippen LogP contribution in [0.15, 0.2) is 36.5 Å². The summed E-state index contributed by atoms with van der Waals surface area (Å²) in [6.45, 7) is 2.61. The van der Waals surface area contributed by atoms with Gasteiger partial charge >= 0.3 is 5.97 Å². The molecule has 0 bridgehead atoms. The Kier molecular flexibility index (Phi) is 3.75. The lowest BCUT2D eigenvalue weighted by molar-refractivity contribution is 0.0697. The van der Waals surface area contributed by atoms with Crippen LogP contribution in [0.3, 0.4) is 0 Å². The smallest absolute Gasteiger partial charge is 0.339 e. The van der Waals surface area contributed by atoms with Gasteiger partial charge in [-0.1, -0.05) is 24.3 Å². The number of carboxylic acids is 1. The van der Waals surface area contributed by atoms with Crippen molar-refractivity contribution in [2.45, 2.75) is 13.5 Å². The fourth-order valence-corrected chi connectivity index (χ4v) is 1.89. The molecule has 0 unspecified atom stereocenters. The minimum absolute atomic E-state index is 0.158. The molecule has 1 heterocycles. The number of rotatable bonds is 4. The zero-order valence-electron chi connectivity index (χ0n) is 10.9. The summed E-state index contributed by atoms with van der Waals surface area (Å²) >= 11 is 0. The molecule has 1 aromatic carbocycles. The van der Waals surface area contributed by atoms with Gasteiger partial charge < -0.3 is 10.0 Å². The van der Waals surface area contributed by atoms with Crippen molar-refractivity contribution in [1.82, 2.24) is 10.2 Å². The predicted octanol–water partition coefficient (Wildman–Crippen LogP) is 2.12. The van der Waals surface area contributed by atoms with Gasteiger partial charge in [-0.25, -0.2) is 4.79 Å². The van der Waals surface area contributed by atoms with Crippen LogP contribution < -0.4 is 4.90 Å². The molecule has 5 nitrogen and oxygen atoms in total. The van der Waals surface area contributed by atoms with E-state index >= 15 is 0 Å². The standard InChI is InChI=1S/C14H15N3O2/c1-10-5-3-4-6-11(10)9-17(2)13-12(14(18)19)7-8-15-16-13/h3-8H,9H2,1-2H3,(H,18,19). The maximum Gasteiger partial charge on any atom is 0.339 e. The molecule has 0 aliphatic rings. The number of aromatic nitrogens is 2. The van der Waals surface area contributed by atoms with Gasteiger partial charge in [-0.3, -0.25) is 0 Å². The fraction of sp³-hybridized carbons (Fsp3) is 0.214. The first-order valence-corrected chi connectivity index (χ1v) is 5.90. The summed E-state index contributed by atoms with van der Waals surface area (Å²) in [7, 11) is 1.81. The van der Waals surface area contributed by atoms with Crippen molar-refractivity contribution in [3.8, 4) is 0 Å². The normalized spacial score (nSPS) is 10.2. The van der Waals surface area contributed by atoms with Gasteiger partial charge in [0.25, 0.3) is 0 Å². The van der Waals surface area contributed by atoms with E-state index in [0.29, 0.717) is 12.4 Å². The van der Waals surface area contributed by atoms with E-state index in [-0.39, 0.29) is 5.56 Å². The molecule has 5 heteroatoms. The van der Waals surface area contributed by atoms with E-state index in [1.165, 1.54) is 12.3 Å². The number of carbonyl (C=O) groups is 1. The minimum atomic E-state index is -0.999. The molecule has 19 heavy (non-hydrogen) atoms. The molecule has 0 fully saturated rings. The number of carboxylic acid groups (broad SMARTS) is 1. The molecule has 0 spiro atoms. The van der Waals surface area contributed by atoms with Crippen molar-refractivity contribution in [2.75, 3.05) is 11.9 Å². The SMILES string of the molecule is Cc1ccccc1CN(C)c1nnccc1C(=O)O. The predicted molar refractivity (Wildman–Crippen MR) is 72.3 cm³/mol. The molecule has 1 N–H and O–H groups in total. The van der Waals surface area contributed by atoms with E-state index in [1.54, 1.807) is 4.90 Å². The highest BCUT2D eigenvalue weighted by molar-refractivity contribution is 5.93. The zero-order chi connectivity index (χ0) is 13.8. The van der Waals surface area contributed by atoms with Crippen LogP contribution in [0.25, 0.3) is 0 Å². The average Bonchev–Trinajstić information content (AvgIpc) is 2.41. The van der Waals surface area contributed by atoms with E-state index in [9.17, 15) is 4.79 Å². The Morgan fingerprint density at radius 1 is 1.32 bits per heavy atom. The largest absolute Gasteiger partial charge is 0.478 e. The van der Waals surface area contributed by atoms with Gasteiger partial charge in [0.2, 0.25) is 0 Å². The van der Waals surface area contributed by atoms with Crippen LogP contribution >= 0.6 is 0 Å². The summed E-state index contributed by atoms with van der Waals surface area (Å²) in [5.74, 6) is -0.625. The average molecular weight is 257 g/mol. The Bertz CT molecular complexity index is 599. The summed E-state index contributed by atoms with van der Waals surface area (Å²) < 4.78 is 0. The maximum absolute atomic E-state index is 11.2. The van der Waals surface area contributed by atoms with E-state index in [1.807, 2.05) is 38.2 Å². The van der Waals surface area contributed by atoms with Gasteiger partial charge in [-0.05, 0) is 24.1 Å². The highest BCUT2D eigenvalue weighted by atomic mass is 16.4. The molecular formula is C14H15N3O2. The van der Waals surface area contributed by atoms with Crippen molar-refractivity contribution >= 4 is 11.8 Å². The monoisotopic (exact) mass is 257 g/mol. The molecule has 0 radical (unpaired) electrons. The molecule has 1 aromatic heterocycles. The topological polar surface area (TPSA) is 66.3 Å². The second-order valence-corrected chi connectivity index (χ2v) is 4.36. The van der Waals surface area contributed by atoms with Crippen LogP contribution in [0.1, 0.15) is 21.5 Å². The van der Waals surface area contributed by atoms with Crippen LogP contribution in [0.4, 0.5) is 5.82 Å². The Labute approximate surface area is 111 Å². The molecule has 0 saturated carbocycles. The van der Waals surface area contributed by atoms with Gasteiger partial charge in [0.15, 0.2) is 5.82 Å². The molecule has 98 valence electrons. The van der Waals surface area contributed by atoms with Crippen LogP contribution in [-0.4, -0.2) is 28.3 Å². The molecule has 0 amide bonds. The Morgan fingerprint density at radius 3 is 2.74 bits per heavy atom. The first-order valence-electron chi connectivity index (χ1n) is 5.90. The lowest BCUT2D eigenvalue weighted by Crippen LogP contribution is -2.21. The second kappa shape index (κ2) is 5.48. The van der Waals surface area contributed by atoms with Gasteiger partial charge in [-0.2, -0.15) is 5.10 Å². The molecule has 0 aliphatic heterocycles. The highest BCUT2D eigenvalue weighted by Gasteiger charge is 2.15. The van der Waals surface area contributed by atoms with E-state index in [4.69, 9.17) is 5.11 Å². The molecular weight excluding hydrogens is 242 g/mol. The summed E-state index contributed by atoms with van der Waals surface area (Å²) in [4.78, 5) is 12.9. The molecule has 0 saturated heterocycles. The van der Waals surface area contributed by atoms with Gasteiger partial charge in [0, 0.05) is 13.6 Å². The van der Waals surface area contributed by atoms with E-state index in [2.05, 4.69) is 10.2 Å². The third-order valence-corrected chi connectivity index (χ3v) is 2.96. The minimum Gasteiger partial charge on any atom is -0.478 e. The zero-order valence-corrected chi connectivity index (χ0v) is 10.9. The number of aromatic carboxylic acids is 1. The molecule has 2 aromatic rings. The summed E-state index contributed by atoms with van der Waals surface area (Å²) in [5, 5.41) is 16.8. The maximum atomic E-state index is 11.2. The number of aryl methyl sites for hydroxylation is 1. The third kappa shape index (κ3) is 2.88. The van der Waals surface area contributed by atoms with Crippen LogP contribution in [-0.2, 0) is 6.54 Å². The molecule has 0 atom stereocenters. The Balaban J connectivity index is 2.28. The quantitative estimate of drug-likeness (QED) is 0.908. The van der Waals surface area contributed by atoms with Crippen LogP contribution in [0, 0.1) is 6.92 Å². The summed E-state index contributed by atoms with van der Waals surface area (Å²) in [6.07, 6.45) is 1.38. The van der Waals surface area contributed by atoms with Crippen LogP contribution in [0.2, 0.25) is 0 Å². The van der Waals surface area contributed by atoms with E-state index < -0.39 is 5.97 Å². The first-order chi connectivity index (χ1) is 9.09. The fourth-order valence-electron chi connectivity index (χ4n) is 1.89. The van der Waals surface area contributed by atoms with Gasteiger partial charge in [0.1, 0.15) is 5.56 Å². The van der Waals surface area contributed by atoms with Gasteiger partial charge in [0.05, 0.1) is 6.20 Å².